The summed E-state index contributed by atoms with van der Waals surface area (Å²) in [7, 11) is -4.43. The predicted molar refractivity (Wildman–Crippen MR) is 185 cm³/mol. The second-order valence-electron chi connectivity index (χ2n) is 12.3. The van der Waals surface area contributed by atoms with Gasteiger partial charge < -0.3 is 15.5 Å². The van der Waals surface area contributed by atoms with Crippen LogP contribution in [-0.4, -0.2) is 53.1 Å². The van der Waals surface area contributed by atoms with Gasteiger partial charge in [-0.3, -0.25) is 9.35 Å². The van der Waals surface area contributed by atoms with Crippen LogP contribution in [0.3, 0.4) is 0 Å². The smallest absolute Gasteiger partial charge is 0.267 e. The van der Waals surface area contributed by atoms with Gasteiger partial charge in [-0.15, -0.1) is 0 Å². The van der Waals surface area contributed by atoms with Crippen molar-refractivity contribution in [2.45, 2.75) is 180 Å². The van der Waals surface area contributed by atoms with Crippen LogP contribution in [0.5, 0.6) is 0 Å². The molecule has 8 heteroatoms. The fourth-order valence-electron chi connectivity index (χ4n) is 5.20. The van der Waals surface area contributed by atoms with E-state index >= 15 is 0 Å². The van der Waals surface area contributed by atoms with Crippen molar-refractivity contribution in [1.82, 2.24) is 5.32 Å². The number of allylic oxidation sites excluding steroid dienone is 5. The molecule has 0 aliphatic heterocycles. The van der Waals surface area contributed by atoms with E-state index in [1.807, 2.05) is 0 Å². The van der Waals surface area contributed by atoms with E-state index in [9.17, 15) is 28.0 Å². The van der Waals surface area contributed by atoms with Gasteiger partial charge in [-0.2, -0.15) is 8.42 Å². The fourth-order valence-corrected chi connectivity index (χ4v) is 5.93. The number of amides is 1. The Bertz CT molecular complexity index is 855. The van der Waals surface area contributed by atoms with Gasteiger partial charge in [0.2, 0.25) is 5.91 Å². The molecule has 7 nitrogen and oxygen atoms in total. The third-order valence-corrected chi connectivity index (χ3v) is 8.71. The number of carbonyl (C=O) groups is 1. The third kappa shape index (κ3) is 29.2. The van der Waals surface area contributed by atoms with E-state index in [4.69, 9.17) is 0 Å². The van der Waals surface area contributed by atoms with Crippen molar-refractivity contribution in [3.05, 3.63) is 36.5 Å². The first kappa shape index (κ1) is 42.5. The molecule has 0 aliphatic carbocycles. The Hall–Kier alpha value is -1.48. The van der Waals surface area contributed by atoms with E-state index in [0.29, 0.717) is 6.42 Å². The molecule has 4 N–H and O–H groups in total. The lowest BCUT2D eigenvalue weighted by Crippen LogP contribution is -2.50. The first-order chi connectivity index (χ1) is 21.2. The van der Waals surface area contributed by atoms with Crippen LogP contribution >= 0.6 is 0 Å². The highest BCUT2D eigenvalue weighted by atomic mass is 32.2. The van der Waals surface area contributed by atoms with Crippen LogP contribution in [0, 0.1) is 0 Å². The molecule has 258 valence electrons. The Morgan fingerprint density at radius 1 is 0.659 bits per heavy atom. The molecule has 3 atom stereocenters. The highest BCUT2D eigenvalue weighted by molar-refractivity contribution is 7.85. The zero-order chi connectivity index (χ0) is 32.7. The standard InChI is InChI=1S/C36H67NO6S/c1-3-5-7-9-11-12-13-14-15-16-17-18-19-20-21-22-23-25-27-29-31-35(39)36(40)37-33(32-44(41,42)43)34(38)30-28-26-24-10-8-6-4-2/h5,7,11-12,28,30,33-35,38-39H,3-4,6,8-10,13-27,29,31-32H2,1-2H3,(H,37,40)(H,41,42,43)/b7-5-,12-11-,30-28+. The summed E-state index contributed by atoms with van der Waals surface area (Å²) in [4.78, 5) is 12.5. The van der Waals surface area contributed by atoms with Gasteiger partial charge >= 0.3 is 0 Å². The van der Waals surface area contributed by atoms with E-state index in [2.05, 4.69) is 43.5 Å². The minimum atomic E-state index is -4.43. The van der Waals surface area contributed by atoms with Gasteiger partial charge in [0.1, 0.15) is 6.10 Å². The van der Waals surface area contributed by atoms with Crippen molar-refractivity contribution in [1.29, 1.82) is 0 Å². The van der Waals surface area contributed by atoms with Crippen LogP contribution in [0.15, 0.2) is 36.5 Å². The molecule has 0 aromatic rings. The average molecular weight is 642 g/mol. The van der Waals surface area contributed by atoms with Crippen molar-refractivity contribution in [2.24, 2.45) is 0 Å². The number of aliphatic hydroxyl groups excluding tert-OH is 2. The first-order valence-electron chi connectivity index (χ1n) is 17.8. The molecule has 1 amide bonds. The molecule has 0 aliphatic rings. The highest BCUT2D eigenvalue weighted by Crippen LogP contribution is 2.14. The molecular weight excluding hydrogens is 574 g/mol. The monoisotopic (exact) mass is 641 g/mol. The van der Waals surface area contributed by atoms with Crippen molar-refractivity contribution < 1.29 is 28.0 Å². The van der Waals surface area contributed by atoms with Gasteiger partial charge in [0, 0.05) is 0 Å². The van der Waals surface area contributed by atoms with E-state index in [1.54, 1.807) is 6.08 Å². The summed E-state index contributed by atoms with van der Waals surface area (Å²) >= 11 is 0. The molecule has 0 aromatic heterocycles. The quantitative estimate of drug-likeness (QED) is 0.0341. The molecule has 0 saturated heterocycles. The summed E-state index contributed by atoms with van der Waals surface area (Å²) in [5, 5.41) is 23.1. The van der Waals surface area contributed by atoms with Gasteiger partial charge in [-0.25, -0.2) is 0 Å². The van der Waals surface area contributed by atoms with Crippen molar-refractivity contribution in [3.8, 4) is 0 Å². The fraction of sp³-hybridized carbons (Fsp3) is 0.806. The Labute approximate surface area is 270 Å². The largest absolute Gasteiger partial charge is 0.387 e. The van der Waals surface area contributed by atoms with Crippen LogP contribution in [0.25, 0.3) is 0 Å². The topological polar surface area (TPSA) is 124 Å². The zero-order valence-corrected chi connectivity index (χ0v) is 29.0. The lowest BCUT2D eigenvalue weighted by molar-refractivity contribution is -0.130. The molecule has 44 heavy (non-hydrogen) atoms. The van der Waals surface area contributed by atoms with Crippen LogP contribution in [-0.2, 0) is 14.9 Å². The van der Waals surface area contributed by atoms with Gasteiger partial charge in [0.15, 0.2) is 0 Å². The molecule has 0 aromatic carbocycles. The number of carbonyl (C=O) groups excluding carboxylic acids is 1. The summed E-state index contributed by atoms with van der Waals surface area (Å²) in [5.41, 5.74) is 0. The first-order valence-corrected chi connectivity index (χ1v) is 19.4. The number of hydrogen-bond acceptors (Lipinski definition) is 5. The SMILES string of the molecule is CC/C=C\C/C=C\CCCCCCCCCCCCCCCC(O)C(=O)NC(CS(=O)(=O)O)C(O)/C=C/CCCCCCC. The summed E-state index contributed by atoms with van der Waals surface area (Å²) in [5.74, 6) is -1.54. The molecular formula is C36H67NO6S. The molecule has 0 heterocycles. The van der Waals surface area contributed by atoms with Crippen LogP contribution in [0.1, 0.15) is 162 Å². The van der Waals surface area contributed by atoms with Crippen molar-refractivity contribution in [3.63, 3.8) is 0 Å². The molecule has 0 radical (unpaired) electrons. The van der Waals surface area contributed by atoms with Crippen molar-refractivity contribution >= 4 is 16.0 Å². The second kappa shape index (κ2) is 30.2. The number of aliphatic hydroxyl groups is 2. The Balaban J connectivity index is 3.93. The predicted octanol–water partition coefficient (Wildman–Crippen LogP) is 8.76. The maximum atomic E-state index is 12.5. The van der Waals surface area contributed by atoms with E-state index in [0.717, 1.165) is 64.2 Å². The van der Waals surface area contributed by atoms with Crippen LogP contribution in [0.4, 0.5) is 0 Å². The molecule has 0 bridgehead atoms. The van der Waals surface area contributed by atoms with E-state index in [1.165, 1.54) is 76.7 Å². The minimum absolute atomic E-state index is 0.278. The van der Waals surface area contributed by atoms with Gasteiger partial charge in [0.25, 0.3) is 10.1 Å². The molecule has 0 spiro atoms. The maximum absolute atomic E-state index is 12.5. The lowest BCUT2D eigenvalue weighted by Gasteiger charge is -2.22. The Morgan fingerprint density at radius 2 is 1.14 bits per heavy atom. The Kier molecular flexibility index (Phi) is 29.2. The number of nitrogens with one attached hydrogen (secondary N) is 1. The summed E-state index contributed by atoms with van der Waals surface area (Å²) in [6.45, 7) is 4.31. The average Bonchev–Trinajstić information content (AvgIpc) is 2.98. The van der Waals surface area contributed by atoms with Crippen molar-refractivity contribution in [2.75, 3.05) is 5.75 Å². The summed E-state index contributed by atoms with van der Waals surface area (Å²) in [6.07, 6.45) is 35.2. The van der Waals surface area contributed by atoms with Crippen LogP contribution in [0.2, 0.25) is 0 Å². The van der Waals surface area contributed by atoms with E-state index in [-0.39, 0.29) is 6.42 Å². The summed E-state index contributed by atoms with van der Waals surface area (Å²) in [6, 6.07) is -1.23. The highest BCUT2D eigenvalue weighted by Gasteiger charge is 2.27. The van der Waals surface area contributed by atoms with E-state index < -0.39 is 40.0 Å². The molecule has 0 rings (SSSR count). The number of hydrogen-bond donors (Lipinski definition) is 4. The van der Waals surface area contributed by atoms with Gasteiger partial charge in [0.05, 0.1) is 17.9 Å². The molecule has 0 fully saturated rings. The normalized spacial score (nSPS) is 14.6. The Morgan fingerprint density at radius 3 is 1.66 bits per heavy atom. The molecule has 3 unspecified atom stereocenters. The zero-order valence-electron chi connectivity index (χ0n) is 28.1. The number of unbranched alkanes of at least 4 members (excludes halogenated alkanes) is 18. The van der Waals surface area contributed by atoms with Gasteiger partial charge in [-0.05, 0) is 44.9 Å². The second-order valence-corrected chi connectivity index (χ2v) is 13.8. The third-order valence-electron chi connectivity index (χ3n) is 7.93. The van der Waals surface area contributed by atoms with Gasteiger partial charge in [-0.1, -0.05) is 153 Å². The minimum Gasteiger partial charge on any atom is -0.387 e. The summed E-state index contributed by atoms with van der Waals surface area (Å²) < 4.78 is 32.2. The number of rotatable bonds is 31. The maximum Gasteiger partial charge on any atom is 0.267 e. The molecule has 0 saturated carbocycles. The van der Waals surface area contributed by atoms with Crippen LogP contribution < -0.4 is 5.32 Å². The lowest BCUT2D eigenvalue weighted by atomic mass is 10.0.